The average molecular weight is 272 g/mol. The summed E-state index contributed by atoms with van der Waals surface area (Å²) in [5.74, 6) is -0.138. The van der Waals surface area contributed by atoms with Crippen molar-refractivity contribution in [3.63, 3.8) is 0 Å². The number of halogens is 1. The topological polar surface area (TPSA) is 64.4 Å². The van der Waals surface area contributed by atoms with Gasteiger partial charge in [0.25, 0.3) is 0 Å². The van der Waals surface area contributed by atoms with Crippen molar-refractivity contribution in [2.24, 2.45) is 0 Å². The third kappa shape index (κ3) is 2.33. The zero-order valence-electron chi connectivity index (χ0n) is 10.1. The lowest BCUT2D eigenvalue weighted by Crippen LogP contribution is -2.38. The molecule has 2 heterocycles. The van der Waals surface area contributed by atoms with Crippen LogP contribution in [0.15, 0.2) is 6.07 Å². The van der Waals surface area contributed by atoms with Gasteiger partial charge in [0.15, 0.2) is 5.69 Å². The first-order valence-electron chi connectivity index (χ1n) is 5.78. The molecule has 0 aromatic carbocycles. The molecule has 98 valence electrons. The number of fused-ring (bicyclic) bond motifs is 1. The van der Waals surface area contributed by atoms with Crippen molar-refractivity contribution in [3.8, 4) is 0 Å². The van der Waals surface area contributed by atoms with E-state index in [0.29, 0.717) is 25.5 Å². The SMILES string of the molecule is CCOC(=O)c1cc2n(n1)CCCN2C(=O)CCl. The normalized spacial score (nSPS) is 14.2. The van der Waals surface area contributed by atoms with E-state index in [2.05, 4.69) is 5.10 Å². The number of anilines is 1. The molecule has 0 bridgehead atoms. The first-order chi connectivity index (χ1) is 8.67. The molecule has 2 rings (SSSR count). The van der Waals surface area contributed by atoms with Gasteiger partial charge in [0.1, 0.15) is 11.7 Å². The largest absolute Gasteiger partial charge is 0.461 e. The van der Waals surface area contributed by atoms with Crippen LogP contribution in [-0.4, -0.2) is 40.7 Å². The molecule has 0 aliphatic carbocycles. The molecule has 18 heavy (non-hydrogen) atoms. The zero-order chi connectivity index (χ0) is 13.1. The Kier molecular flexibility index (Phi) is 3.86. The summed E-state index contributed by atoms with van der Waals surface area (Å²) in [7, 11) is 0. The third-order valence-corrected chi connectivity index (χ3v) is 2.92. The van der Waals surface area contributed by atoms with Crippen molar-refractivity contribution in [3.05, 3.63) is 11.8 Å². The summed E-state index contributed by atoms with van der Waals surface area (Å²) in [5, 5.41) is 4.14. The number of carbonyl (C=O) groups is 2. The lowest BCUT2D eigenvalue weighted by molar-refractivity contribution is -0.116. The highest BCUT2D eigenvalue weighted by Crippen LogP contribution is 2.22. The minimum Gasteiger partial charge on any atom is -0.461 e. The molecule has 0 radical (unpaired) electrons. The molecule has 1 aromatic rings. The number of rotatable bonds is 3. The Balaban J connectivity index is 2.28. The predicted octanol–water partition coefficient (Wildman–Crippen LogP) is 1.04. The van der Waals surface area contributed by atoms with Crippen molar-refractivity contribution in [1.82, 2.24) is 9.78 Å². The van der Waals surface area contributed by atoms with Crippen LogP contribution in [0.1, 0.15) is 23.8 Å². The van der Waals surface area contributed by atoms with Gasteiger partial charge in [-0.05, 0) is 13.3 Å². The van der Waals surface area contributed by atoms with Crippen LogP contribution in [-0.2, 0) is 16.1 Å². The Labute approximate surface area is 109 Å². The highest BCUT2D eigenvalue weighted by Gasteiger charge is 2.25. The summed E-state index contributed by atoms with van der Waals surface area (Å²) in [6, 6.07) is 1.57. The van der Waals surface area contributed by atoms with Crippen LogP contribution in [0.4, 0.5) is 5.82 Å². The van der Waals surface area contributed by atoms with Crippen LogP contribution in [0.3, 0.4) is 0 Å². The van der Waals surface area contributed by atoms with E-state index >= 15 is 0 Å². The molecule has 0 spiro atoms. The molecule has 1 aliphatic rings. The highest BCUT2D eigenvalue weighted by atomic mass is 35.5. The summed E-state index contributed by atoms with van der Waals surface area (Å²) < 4.78 is 6.52. The second-order valence-electron chi connectivity index (χ2n) is 3.86. The number of alkyl halides is 1. The smallest absolute Gasteiger partial charge is 0.358 e. The van der Waals surface area contributed by atoms with Gasteiger partial charge in [-0.25, -0.2) is 9.48 Å². The van der Waals surface area contributed by atoms with Crippen molar-refractivity contribution < 1.29 is 14.3 Å². The molecule has 0 saturated heterocycles. The fourth-order valence-electron chi connectivity index (χ4n) is 1.91. The first kappa shape index (κ1) is 12.9. The van der Waals surface area contributed by atoms with E-state index in [4.69, 9.17) is 16.3 Å². The Bertz CT molecular complexity index is 472. The van der Waals surface area contributed by atoms with Gasteiger partial charge >= 0.3 is 5.97 Å². The van der Waals surface area contributed by atoms with Gasteiger partial charge in [-0.2, -0.15) is 5.10 Å². The van der Waals surface area contributed by atoms with E-state index in [1.54, 1.807) is 22.6 Å². The first-order valence-corrected chi connectivity index (χ1v) is 6.32. The molecule has 0 atom stereocenters. The van der Waals surface area contributed by atoms with Crippen LogP contribution in [0.2, 0.25) is 0 Å². The van der Waals surface area contributed by atoms with Crippen LogP contribution in [0.25, 0.3) is 0 Å². The van der Waals surface area contributed by atoms with Crippen molar-refractivity contribution in [2.75, 3.05) is 23.9 Å². The number of aryl methyl sites for hydroxylation is 1. The van der Waals surface area contributed by atoms with Gasteiger partial charge in [-0.15, -0.1) is 11.6 Å². The van der Waals surface area contributed by atoms with E-state index in [0.717, 1.165) is 6.42 Å². The molecular formula is C11H14ClN3O3. The molecule has 1 aliphatic heterocycles. The molecule has 6 nitrogen and oxygen atoms in total. The van der Waals surface area contributed by atoms with Crippen LogP contribution in [0, 0.1) is 0 Å². The quantitative estimate of drug-likeness (QED) is 0.609. The predicted molar refractivity (Wildman–Crippen MR) is 65.9 cm³/mol. The second-order valence-corrected chi connectivity index (χ2v) is 4.13. The molecular weight excluding hydrogens is 258 g/mol. The van der Waals surface area contributed by atoms with Gasteiger partial charge in [-0.3, -0.25) is 9.69 Å². The van der Waals surface area contributed by atoms with Gasteiger partial charge in [0.05, 0.1) is 6.61 Å². The summed E-state index contributed by atoms with van der Waals surface area (Å²) in [6.07, 6.45) is 0.791. The number of esters is 1. The standard InChI is InChI=1S/C11H14ClN3O3/c1-2-18-11(17)8-6-9-14(10(16)7-12)4-3-5-15(9)13-8/h6H,2-5,7H2,1H3. The van der Waals surface area contributed by atoms with Crippen molar-refractivity contribution >= 4 is 29.3 Å². The monoisotopic (exact) mass is 271 g/mol. The molecule has 1 amide bonds. The minimum atomic E-state index is -0.474. The highest BCUT2D eigenvalue weighted by molar-refractivity contribution is 6.29. The number of nitrogens with zero attached hydrogens (tertiary/aromatic N) is 3. The van der Waals surface area contributed by atoms with Crippen LogP contribution in [0.5, 0.6) is 0 Å². The van der Waals surface area contributed by atoms with E-state index < -0.39 is 5.97 Å². The summed E-state index contributed by atoms with van der Waals surface area (Å²) in [5.41, 5.74) is 0.223. The van der Waals surface area contributed by atoms with E-state index in [9.17, 15) is 9.59 Å². The Morgan fingerprint density at radius 3 is 2.94 bits per heavy atom. The zero-order valence-corrected chi connectivity index (χ0v) is 10.8. The fraction of sp³-hybridized carbons (Fsp3) is 0.545. The maximum absolute atomic E-state index is 11.7. The molecule has 1 aromatic heterocycles. The second kappa shape index (κ2) is 5.39. The van der Waals surface area contributed by atoms with Gasteiger partial charge in [-0.1, -0.05) is 0 Å². The number of ether oxygens (including phenoxy) is 1. The Hall–Kier alpha value is -1.56. The molecule has 7 heteroatoms. The molecule has 0 unspecified atom stereocenters. The number of hydrogen-bond donors (Lipinski definition) is 0. The number of carbonyl (C=O) groups excluding carboxylic acids is 2. The van der Waals surface area contributed by atoms with E-state index in [1.165, 1.54) is 0 Å². The Morgan fingerprint density at radius 2 is 2.28 bits per heavy atom. The van der Waals surface area contributed by atoms with E-state index in [1.807, 2.05) is 0 Å². The molecule has 0 N–H and O–H groups in total. The molecule has 0 saturated carbocycles. The van der Waals surface area contributed by atoms with E-state index in [-0.39, 0.29) is 17.5 Å². The number of hydrogen-bond acceptors (Lipinski definition) is 4. The molecule has 0 fully saturated rings. The van der Waals surface area contributed by atoms with Gasteiger partial charge < -0.3 is 4.74 Å². The summed E-state index contributed by atoms with van der Waals surface area (Å²) in [6.45, 7) is 3.31. The summed E-state index contributed by atoms with van der Waals surface area (Å²) >= 11 is 5.56. The maximum atomic E-state index is 11.7. The number of amides is 1. The van der Waals surface area contributed by atoms with Crippen molar-refractivity contribution in [1.29, 1.82) is 0 Å². The fourth-order valence-corrected chi connectivity index (χ4v) is 2.06. The lowest BCUT2D eigenvalue weighted by Gasteiger charge is -2.26. The summed E-state index contributed by atoms with van der Waals surface area (Å²) in [4.78, 5) is 24.8. The van der Waals surface area contributed by atoms with Crippen LogP contribution < -0.4 is 4.90 Å². The lowest BCUT2D eigenvalue weighted by atomic mass is 10.3. The minimum absolute atomic E-state index is 0.0834. The van der Waals surface area contributed by atoms with Gasteiger partial charge in [0.2, 0.25) is 5.91 Å². The van der Waals surface area contributed by atoms with Gasteiger partial charge in [0, 0.05) is 19.2 Å². The number of aromatic nitrogens is 2. The Morgan fingerprint density at radius 1 is 1.50 bits per heavy atom. The average Bonchev–Trinajstić information content (AvgIpc) is 2.81. The maximum Gasteiger partial charge on any atom is 0.358 e. The van der Waals surface area contributed by atoms with Crippen LogP contribution >= 0.6 is 11.6 Å². The van der Waals surface area contributed by atoms with Crippen molar-refractivity contribution in [2.45, 2.75) is 19.9 Å². The third-order valence-electron chi connectivity index (χ3n) is 2.69.